The maximum atomic E-state index is 10.6. The molecule has 0 saturated carbocycles. The van der Waals surface area contributed by atoms with Crippen LogP contribution in [0, 0.1) is 11.8 Å². The van der Waals surface area contributed by atoms with Crippen LogP contribution in [-0.2, 0) is 14.3 Å². The molecule has 0 aromatic carbocycles. The number of carbonyl (C=O) groups is 2. The largest absolute Gasteiger partial charge is 0.478 e. The van der Waals surface area contributed by atoms with Gasteiger partial charge in [0, 0.05) is 11.6 Å². The van der Waals surface area contributed by atoms with Gasteiger partial charge in [-0.05, 0) is 32.1 Å². The predicted molar refractivity (Wildman–Crippen MR) is 81.5 cm³/mol. The lowest BCUT2D eigenvalue weighted by molar-refractivity contribution is -0.138. The van der Waals surface area contributed by atoms with E-state index >= 15 is 0 Å². The molecule has 0 rings (SSSR count). The standard InChI is InChI=1S/2C8H14O2/c1-4-7(8(9)10)5-6(2)3;1-4-5-8(9)10-6-7(2)3/h4,6H,5H2,1-3H3,(H,9,10);4-5,7H,6H2,1-3H3. The molecule has 0 aliphatic rings. The minimum absolute atomic E-state index is 0.254. The van der Waals surface area contributed by atoms with Crippen molar-refractivity contribution in [1.82, 2.24) is 0 Å². The average molecular weight is 284 g/mol. The Balaban J connectivity index is 0. The van der Waals surface area contributed by atoms with Gasteiger partial charge in [-0.2, -0.15) is 0 Å². The van der Waals surface area contributed by atoms with Crippen LogP contribution >= 0.6 is 0 Å². The minimum atomic E-state index is -0.795. The van der Waals surface area contributed by atoms with E-state index in [1.807, 2.05) is 27.7 Å². The molecule has 0 atom stereocenters. The molecule has 0 bridgehead atoms. The molecule has 0 aromatic rings. The zero-order chi connectivity index (χ0) is 16.1. The van der Waals surface area contributed by atoms with E-state index in [2.05, 4.69) is 0 Å². The highest BCUT2D eigenvalue weighted by molar-refractivity contribution is 5.86. The van der Waals surface area contributed by atoms with Gasteiger partial charge in [-0.3, -0.25) is 0 Å². The van der Waals surface area contributed by atoms with E-state index in [9.17, 15) is 9.59 Å². The molecule has 0 saturated heterocycles. The van der Waals surface area contributed by atoms with E-state index in [1.165, 1.54) is 6.08 Å². The lowest BCUT2D eigenvalue weighted by Crippen LogP contribution is -2.06. The van der Waals surface area contributed by atoms with Crippen molar-refractivity contribution in [3.63, 3.8) is 0 Å². The Kier molecular flexibility index (Phi) is 12.9. The molecule has 0 unspecified atom stereocenters. The molecule has 0 aliphatic carbocycles. The molecular weight excluding hydrogens is 256 g/mol. The summed E-state index contributed by atoms with van der Waals surface area (Å²) < 4.78 is 4.82. The molecule has 0 radical (unpaired) electrons. The average Bonchev–Trinajstić information content (AvgIpc) is 2.34. The maximum absolute atomic E-state index is 10.6. The third kappa shape index (κ3) is 14.5. The van der Waals surface area contributed by atoms with Gasteiger partial charge in [-0.15, -0.1) is 0 Å². The summed E-state index contributed by atoms with van der Waals surface area (Å²) in [4.78, 5) is 21.0. The SMILES string of the molecule is CC=C(CC(C)C)C(=O)O.CC=CC(=O)OCC(C)C. The van der Waals surface area contributed by atoms with Gasteiger partial charge in [0.15, 0.2) is 0 Å². The maximum Gasteiger partial charge on any atom is 0.331 e. The fraction of sp³-hybridized carbons (Fsp3) is 0.625. The van der Waals surface area contributed by atoms with Crippen LogP contribution in [0.5, 0.6) is 0 Å². The van der Waals surface area contributed by atoms with Crippen molar-refractivity contribution < 1.29 is 19.4 Å². The summed E-state index contributed by atoms with van der Waals surface area (Å²) in [5.74, 6) is -0.219. The molecule has 1 N–H and O–H groups in total. The molecular formula is C16H28O4. The molecule has 0 aromatic heterocycles. The third-order valence-corrected chi connectivity index (χ3v) is 2.11. The molecule has 0 aliphatic heterocycles. The van der Waals surface area contributed by atoms with Crippen molar-refractivity contribution in [2.75, 3.05) is 6.61 Å². The van der Waals surface area contributed by atoms with Gasteiger partial charge < -0.3 is 9.84 Å². The number of ether oxygens (including phenoxy) is 1. The lowest BCUT2D eigenvalue weighted by atomic mass is 10.0. The summed E-state index contributed by atoms with van der Waals surface area (Å²) in [6, 6.07) is 0. The van der Waals surface area contributed by atoms with Crippen LogP contribution in [0.2, 0.25) is 0 Å². The van der Waals surface area contributed by atoms with Crippen LogP contribution < -0.4 is 0 Å². The van der Waals surface area contributed by atoms with Crippen LogP contribution in [0.1, 0.15) is 48.0 Å². The molecule has 20 heavy (non-hydrogen) atoms. The normalized spacial score (nSPS) is 11.5. The monoisotopic (exact) mass is 284 g/mol. The topological polar surface area (TPSA) is 63.6 Å². The number of rotatable bonds is 6. The van der Waals surface area contributed by atoms with Gasteiger partial charge in [0.25, 0.3) is 0 Å². The summed E-state index contributed by atoms with van der Waals surface area (Å²) in [5.41, 5.74) is 0.509. The number of carbonyl (C=O) groups excluding carboxylic acids is 1. The van der Waals surface area contributed by atoms with Gasteiger partial charge in [-0.1, -0.05) is 39.8 Å². The van der Waals surface area contributed by atoms with E-state index in [0.29, 0.717) is 30.4 Å². The highest BCUT2D eigenvalue weighted by Crippen LogP contribution is 2.09. The van der Waals surface area contributed by atoms with Crippen LogP contribution in [0.15, 0.2) is 23.8 Å². The third-order valence-electron chi connectivity index (χ3n) is 2.11. The van der Waals surface area contributed by atoms with Crippen molar-refractivity contribution >= 4 is 11.9 Å². The Morgan fingerprint density at radius 1 is 1.10 bits per heavy atom. The second-order valence-corrected chi connectivity index (χ2v) is 5.24. The second-order valence-electron chi connectivity index (χ2n) is 5.24. The Hall–Kier alpha value is -1.58. The summed E-state index contributed by atoms with van der Waals surface area (Å²) in [5, 5.41) is 8.55. The summed E-state index contributed by atoms with van der Waals surface area (Å²) in [7, 11) is 0. The minimum Gasteiger partial charge on any atom is -0.478 e. The fourth-order valence-corrected chi connectivity index (χ4v) is 1.20. The van der Waals surface area contributed by atoms with Crippen molar-refractivity contribution in [2.45, 2.75) is 48.0 Å². The van der Waals surface area contributed by atoms with E-state index in [4.69, 9.17) is 9.84 Å². The Labute approximate surface area is 122 Å². The van der Waals surface area contributed by atoms with Crippen LogP contribution in [-0.4, -0.2) is 23.7 Å². The van der Waals surface area contributed by atoms with E-state index < -0.39 is 5.97 Å². The first kappa shape index (κ1) is 20.7. The smallest absolute Gasteiger partial charge is 0.331 e. The van der Waals surface area contributed by atoms with Gasteiger partial charge >= 0.3 is 11.9 Å². The van der Waals surface area contributed by atoms with Crippen LogP contribution in [0.25, 0.3) is 0 Å². The number of esters is 1. The van der Waals surface area contributed by atoms with E-state index in [-0.39, 0.29) is 5.97 Å². The molecule has 0 heterocycles. The van der Waals surface area contributed by atoms with Crippen molar-refractivity contribution in [3.8, 4) is 0 Å². The molecule has 0 spiro atoms. The fourth-order valence-electron chi connectivity index (χ4n) is 1.20. The lowest BCUT2D eigenvalue weighted by Gasteiger charge is -2.03. The van der Waals surface area contributed by atoms with E-state index in [1.54, 1.807) is 26.0 Å². The van der Waals surface area contributed by atoms with Crippen molar-refractivity contribution in [2.24, 2.45) is 11.8 Å². The molecule has 4 nitrogen and oxygen atoms in total. The van der Waals surface area contributed by atoms with Crippen molar-refractivity contribution in [3.05, 3.63) is 23.8 Å². The molecule has 4 heteroatoms. The quantitative estimate of drug-likeness (QED) is 0.595. The zero-order valence-electron chi connectivity index (χ0n) is 13.5. The summed E-state index contributed by atoms with van der Waals surface area (Å²) in [6.45, 7) is 12.1. The first-order chi connectivity index (χ1) is 9.24. The van der Waals surface area contributed by atoms with Gasteiger partial charge in [0.05, 0.1) is 6.61 Å². The summed E-state index contributed by atoms with van der Waals surface area (Å²) >= 11 is 0. The number of hydrogen-bond acceptors (Lipinski definition) is 3. The van der Waals surface area contributed by atoms with Crippen molar-refractivity contribution in [1.29, 1.82) is 0 Å². The Bertz CT molecular complexity index is 336. The zero-order valence-corrected chi connectivity index (χ0v) is 13.5. The van der Waals surface area contributed by atoms with E-state index in [0.717, 1.165) is 0 Å². The molecule has 0 fully saturated rings. The van der Waals surface area contributed by atoms with Crippen LogP contribution in [0.4, 0.5) is 0 Å². The summed E-state index contributed by atoms with van der Waals surface area (Å²) in [6.07, 6.45) is 5.40. The second kappa shape index (κ2) is 12.5. The number of aliphatic carboxylic acids is 1. The van der Waals surface area contributed by atoms with Gasteiger partial charge in [0.1, 0.15) is 0 Å². The number of carboxylic acid groups (broad SMARTS) is 1. The Morgan fingerprint density at radius 2 is 1.65 bits per heavy atom. The van der Waals surface area contributed by atoms with Gasteiger partial charge in [0.2, 0.25) is 0 Å². The highest BCUT2D eigenvalue weighted by atomic mass is 16.5. The first-order valence-electron chi connectivity index (χ1n) is 6.92. The first-order valence-corrected chi connectivity index (χ1v) is 6.92. The number of carboxylic acids is 1. The molecule has 0 amide bonds. The number of hydrogen-bond donors (Lipinski definition) is 1. The number of allylic oxidation sites excluding steroid dienone is 2. The van der Waals surface area contributed by atoms with Crippen LogP contribution in [0.3, 0.4) is 0 Å². The Morgan fingerprint density at radius 3 is 1.90 bits per heavy atom. The highest BCUT2D eigenvalue weighted by Gasteiger charge is 2.06. The molecule has 116 valence electrons. The predicted octanol–water partition coefficient (Wildman–Crippen LogP) is 3.83. The van der Waals surface area contributed by atoms with Gasteiger partial charge in [-0.25, -0.2) is 9.59 Å².